The molecule has 0 atom stereocenters. The molecule has 3 aromatic rings. The second kappa shape index (κ2) is 8.81. The van der Waals surface area contributed by atoms with Crippen LogP contribution in [0.4, 0.5) is 0 Å². The van der Waals surface area contributed by atoms with Crippen molar-refractivity contribution < 1.29 is 9.53 Å². The minimum atomic E-state index is -0.296. The van der Waals surface area contributed by atoms with Crippen LogP contribution >= 0.6 is 0 Å². The van der Waals surface area contributed by atoms with Gasteiger partial charge in [0.25, 0.3) is 5.91 Å². The van der Waals surface area contributed by atoms with E-state index in [-0.39, 0.29) is 12.5 Å². The average Bonchev–Trinajstić information content (AvgIpc) is 2.72. The molecule has 0 saturated heterocycles. The molecule has 1 N–H and O–H groups in total. The predicted molar refractivity (Wildman–Crippen MR) is 109 cm³/mol. The summed E-state index contributed by atoms with van der Waals surface area (Å²) in [6, 6.07) is 25.8. The molecule has 136 valence electrons. The van der Waals surface area contributed by atoms with Crippen LogP contribution in [0.1, 0.15) is 18.1 Å². The fourth-order valence-electron chi connectivity index (χ4n) is 2.56. The Bertz CT molecular complexity index is 915. The quantitative estimate of drug-likeness (QED) is 0.518. The highest BCUT2D eigenvalue weighted by atomic mass is 16.5. The van der Waals surface area contributed by atoms with Crippen LogP contribution in [0.25, 0.3) is 11.1 Å². The van der Waals surface area contributed by atoms with Gasteiger partial charge in [0.05, 0.1) is 5.71 Å². The lowest BCUT2D eigenvalue weighted by atomic mass is 10.0. The summed E-state index contributed by atoms with van der Waals surface area (Å²) in [5, 5.41) is 4.16. The standard InChI is InChI=1S/C23H22N2O2/c1-17-8-14-22(15-9-17)27-16-23(26)25-24-18(2)19-10-12-21(13-11-19)20-6-4-3-5-7-20/h3-15H,16H2,1-2H3,(H,25,26). The van der Waals surface area contributed by atoms with Gasteiger partial charge in [-0.25, -0.2) is 5.43 Å². The van der Waals surface area contributed by atoms with Crippen molar-refractivity contribution in [1.82, 2.24) is 5.43 Å². The number of nitrogens with one attached hydrogen (secondary N) is 1. The summed E-state index contributed by atoms with van der Waals surface area (Å²) in [5.41, 5.74) is 7.67. The molecule has 0 fully saturated rings. The van der Waals surface area contributed by atoms with Crippen LogP contribution in [0, 0.1) is 6.92 Å². The van der Waals surface area contributed by atoms with Crippen molar-refractivity contribution >= 4 is 11.6 Å². The number of amides is 1. The lowest BCUT2D eigenvalue weighted by molar-refractivity contribution is -0.123. The van der Waals surface area contributed by atoms with Crippen LogP contribution in [-0.2, 0) is 4.79 Å². The highest BCUT2D eigenvalue weighted by Crippen LogP contribution is 2.19. The molecule has 0 bridgehead atoms. The molecular weight excluding hydrogens is 336 g/mol. The van der Waals surface area contributed by atoms with Crippen LogP contribution in [0.2, 0.25) is 0 Å². The summed E-state index contributed by atoms with van der Waals surface area (Å²) >= 11 is 0. The lowest BCUT2D eigenvalue weighted by Crippen LogP contribution is -2.25. The third-order valence-electron chi connectivity index (χ3n) is 4.15. The zero-order valence-corrected chi connectivity index (χ0v) is 15.5. The lowest BCUT2D eigenvalue weighted by Gasteiger charge is -2.07. The van der Waals surface area contributed by atoms with Crippen LogP contribution in [-0.4, -0.2) is 18.2 Å². The van der Waals surface area contributed by atoms with Gasteiger partial charge < -0.3 is 4.74 Å². The van der Waals surface area contributed by atoms with Crippen molar-refractivity contribution in [1.29, 1.82) is 0 Å². The molecule has 0 aliphatic rings. The van der Waals surface area contributed by atoms with E-state index >= 15 is 0 Å². The van der Waals surface area contributed by atoms with E-state index in [1.807, 2.05) is 80.6 Å². The molecule has 4 heteroatoms. The molecule has 27 heavy (non-hydrogen) atoms. The molecule has 4 nitrogen and oxygen atoms in total. The Morgan fingerprint density at radius 3 is 2.19 bits per heavy atom. The first-order valence-electron chi connectivity index (χ1n) is 8.80. The molecule has 0 heterocycles. The first-order valence-corrected chi connectivity index (χ1v) is 8.80. The van der Waals surface area contributed by atoms with Gasteiger partial charge >= 0.3 is 0 Å². The van der Waals surface area contributed by atoms with E-state index in [0.29, 0.717) is 5.75 Å². The van der Waals surface area contributed by atoms with E-state index in [2.05, 4.69) is 22.7 Å². The van der Waals surface area contributed by atoms with Gasteiger partial charge in [0.2, 0.25) is 0 Å². The van der Waals surface area contributed by atoms with Crippen LogP contribution in [0.15, 0.2) is 84.0 Å². The molecule has 0 aliphatic heterocycles. The van der Waals surface area contributed by atoms with Gasteiger partial charge in [-0.15, -0.1) is 0 Å². The highest BCUT2D eigenvalue weighted by molar-refractivity contribution is 5.99. The van der Waals surface area contributed by atoms with Crippen molar-refractivity contribution in [3.05, 3.63) is 90.0 Å². The number of carbonyl (C=O) groups excluding carboxylic acids is 1. The normalized spacial score (nSPS) is 11.1. The molecule has 3 aromatic carbocycles. The van der Waals surface area contributed by atoms with E-state index in [0.717, 1.165) is 22.4 Å². The van der Waals surface area contributed by atoms with Gasteiger partial charge in [0, 0.05) is 0 Å². The molecule has 0 aliphatic carbocycles. The summed E-state index contributed by atoms with van der Waals surface area (Å²) in [5.74, 6) is 0.365. The SMILES string of the molecule is CC(=NNC(=O)COc1ccc(C)cc1)c1ccc(-c2ccccc2)cc1. The highest BCUT2D eigenvalue weighted by Gasteiger charge is 2.04. The number of rotatable bonds is 6. The number of benzene rings is 3. The number of ether oxygens (including phenoxy) is 1. The predicted octanol–water partition coefficient (Wildman–Crippen LogP) is 4.58. The average molecular weight is 358 g/mol. The van der Waals surface area contributed by atoms with E-state index in [1.54, 1.807) is 0 Å². The molecule has 0 saturated carbocycles. The number of hydrazone groups is 1. The van der Waals surface area contributed by atoms with Crippen molar-refractivity contribution in [3.63, 3.8) is 0 Å². The second-order valence-corrected chi connectivity index (χ2v) is 6.28. The Labute approximate surface area is 159 Å². The fraction of sp³-hybridized carbons (Fsp3) is 0.130. The fourth-order valence-corrected chi connectivity index (χ4v) is 2.56. The molecule has 3 rings (SSSR count). The Hall–Kier alpha value is -3.40. The Morgan fingerprint density at radius 1 is 0.889 bits per heavy atom. The smallest absolute Gasteiger partial charge is 0.277 e. The van der Waals surface area contributed by atoms with Gasteiger partial charge in [-0.3, -0.25) is 4.79 Å². The topological polar surface area (TPSA) is 50.7 Å². The number of hydrogen-bond donors (Lipinski definition) is 1. The number of carbonyl (C=O) groups is 1. The largest absolute Gasteiger partial charge is 0.484 e. The molecule has 0 radical (unpaired) electrons. The molecule has 0 aromatic heterocycles. The van der Waals surface area contributed by atoms with Crippen molar-refractivity contribution in [2.45, 2.75) is 13.8 Å². The summed E-state index contributed by atoms with van der Waals surface area (Å²) < 4.78 is 5.44. The molecule has 0 unspecified atom stereocenters. The van der Waals surface area contributed by atoms with Gasteiger partial charge in [-0.05, 0) is 42.7 Å². The van der Waals surface area contributed by atoms with E-state index in [4.69, 9.17) is 4.74 Å². The molecule has 1 amide bonds. The first kappa shape index (κ1) is 18.4. The Morgan fingerprint density at radius 2 is 1.52 bits per heavy atom. The van der Waals surface area contributed by atoms with Gasteiger partial charge in [-0.1, -0.05) is 72.3 Å². The monoisotopic (exact) mass is 358 g/mol. The maximum Gasteiger partial charge on any atom is 0.277 e. The maximum absolute atomic E-state index is 11.9. The van der Waals surface area contributed by atoms with E-state index in [9.17, 15) is 4.79 Å². The van der Waals surface area contributed by atoms with E-state index < -0.39 is 0 Å². The van der Waals surface area contributed by atoms with Crippen LogP contribution < -0.4 is 10.2 Å². The van der Waals surface area contributed by atoms with Crippen LogP contribution in [0.3, 0.4) is 0 Å². The second-order valence-electron chi connectivity index (χ2n) is 6.28. The number of nitrogens with zero attached hydrogens (tertiary/aromatic N) is 1. The number of aryl methyl sites for hydroxylation is 1. The summed E-state index contributed by atoms with van der Waals surface area (Å²) in [7, 11) is 0. The van der Waals surface area contributed by atoms with Crippen LogP contribution in [0.5, 0.6) is 5.75 Å². The number of hydrogen-bond acceptors (Lipinski definition) is 3. The Kier molecular flexibility index (Phi) is 6.00. The Balaban J connectivity index is 1.55. The third kappa shape index (κ3) is 5.28. The summed E-state index contributed by atoms with van der Waals surface area (Å²) in [6.45, 7) is 3.78. The third-order valence-corrected chi connectivity index (χ3v) is 4.15. The van der Waals surface area contributed by atoms with Crippen molar-refractivity contribution in [2.24, 2.45) is 5.10 Å². The maximum atomic E-state index is 11.9. The minimum Gasteiger partial charge on any atom is -0.484 e. The summed E-state index contributed by atoms with van der Waals surface area (Å²) in [4.78, 5) is 11.9. The summed E-state index contributed by atoms with van der Waals surface area (Å²) in [6.07, 6.45) is 0. The van der Waals surface area contributed by atoms with E-state index in [1.165, 1.54) is 5.56 Å². The van der Waals surface area contributed by atoms with Crippen molar-refractivity contribution in [3.8, 4) is 16.9 Å². The van der Waals surface area contributed by atoms with Crippen molar-refractivity contribution in [2.75, 3.05) is 6.61 Å². The van der Waals surface area contributed by atoms with Gasteiger partial charge in [0.15, 0.2) is 6.61 Å². The minimum absolute atomic E-state index is 0.0766. The molecule has 0 spiro atoms. The van der Waals surface area contributed by atoms with Gasteiger partial charge in [-0.2, -0.15) is 5.10 Å². The molecular formula is C23H22N2O2. The zero-order chi connectivity index (χ0) is 19.1. The first-order chi connectivity index (χ1) is 13.1. The van der Waals surface area contributed by atoms with Gasteiger partial charge in [0.1, 0.15) is 5.75 Å². The zero-order valence-electron chi connectivity index (χ0n) is 15.5.